The molecule has 0 radical (unpaired) electrons. The van der Waals surface area contributed by atoms with E-state index in [-0.39, 0.29) is 5.91 Å². The number of nitriles is 1. The van der Waals surface area contributed by atoms with E-state index in [0.717, 1.165) is 25.9 Å². The lowest BCUT2D eigenvalue weighted by Gasteiger charge is -2.35. The summed E-state index contributed by atoms with van der Waals surface area (Å²) >= 11 is 0. The third kappa shape index (κ3) is 2.62. The molecule has 0 aromatic heterocycles. The third-order valence-corrected chi connectivity index (χ3v) is 5.43. The van der Waals surface area contributed by atoms with Gasteiger partial charge in [-0.05, 0) is 57.8 Å². The Balaban J connectivity index is 1.76. The van der Waals surface area contributed by atoms with Crippen molar-refractivity contribution in [1.29, 1.82) is 5.26 Å². The average molecular weight is 297 g/mol. The minimum absolute atomic E-state index is 0.00912. The van der Waals surface area contributed by atoms with Crippen LogP contribution in [0.5, 0.6) is 0 Å². The molecule has 2 fully saturated rings. The normalized spacial score (nSPS) is 25.9. The molecule has 2 heterocycles. The number of carbonyl (C=O) groups is 1. The zero-order valence-electron chi connectivity index (χ0n) is 13.2. The summed E-state index contributed by atoms with van der Waals surface area (Å²) in [5.41, 5.74) is 1.31. The highest BCUT2D eigenvalue weighted by atomic mass is 16.2. The van der Waals surface area contributed by atoms with Crippen LogP contribution in [0.3, 0.4) is 0 Å². The van der Waals surface area contributed by atoms with Crippen molar-refractivity contribution in [2.24, 2.45) is 0 Å². The van der Waals surface area contributed by atoms with E-state index in [1.54, 1.807) is 18.2 Å². The topological polar surface area (TPSA) is 47.3 Å². The van der Waals surface area contributed by atoms with E-state index in [1.165, 1.54) is 25.8 Å². The fourth-order valence-corrected chi connectivity index (χ4v) is 4.02. The van der Waals surface area contributed by atoms with Gasteiger partial charge >= 0.3 is 0 Å². The van der Waals surface area contributed by atoms with E-state index >= 15 is 0 Å². The number of likely N-dealkylation sites (tertiary alicyclic amines) is 2. The highest BCUT2D eigenvalue weighted by molar-refractivity contribution is 5.96. The zero-order chi connectivity index (χ0) is 15.6. The molecule has 2 aliphatic heterocycles. The fourth-order valence-electron chi connectivity index (χ4n) is 4.02. The first-order chi connectivity index (χ1) is 10.7. The Morgan fingerprint density at radius 2 is 1.86 bits per heavy atom. The Hall–Kier alpha value is -1.86. The summed E-state index contributed by atoms with van der Waals surface area (Å²) in [5, 5.41) is 9.20. The lowest BCUT2D eigenvalue weighted by Crippen LogP contribution is -2.42. The van der Waals surface area contributed by atoms with Crippen molar-refractivity contribution >= 4 is 5.91 Å². The lowest BCUT2D eigenvalue weighted by molar-refractivity contribution is 0.0749. The predicted octanol–water partition coefficient (Wildman–Crippen LogP) is 2.65. The first-order valence-electron chi connectivity index (χ1n) is 8.16. The molecule has 4 nitrogen and oxygen atoms in total. The van der Waals surface area contributed by atoms with Gasteiger partial charge in [0.15, 0.2) is 0 Å². The van der Waals surface area contributed by atoms with Gasteiger partial charge in [-0.3, -0.25) is 4.79 Å². The highest BCUT2D eigenvalue weighted by Crippen LogP contribution is 2.37. The van der Waals surface area contributed by atoms with E-state index in [0.29, 0.717) is 16.7 Å². The van der Waals surface area contributed by atoms with Gasteiger partial charge in [0.25, 0.3) is 5.91 Å². The van der Waals surface area contributed by atoms with Crippen LogP contribution in [-0.2, 0) is 0 Å². The summed E-state index contributed by atoms with van der Waals surface area (Å²) in [7, 11) is 2.22. The number of hydrogen-bond donors (Lipinski definition) is 0. The molecule has 22 heavy (non-hydrogen) atoms. The molecule has 2 saturated heterocycles. The summed E-state index contributed by atoms with van der Waals surface area (Å²) in [4.78, 5) is 17.2. The van der Waals surface area contributed by atoms with Crippen LogP contribution in [0.2, 0.25) is 0 Å². The number of benzene rings is 1. The number of carbonyl (C=O) groups excluding carboxylic acids is 1. The van der Waals surface area contributed by atoms with Crippen LogP contribution in [0.15, 0.2) is 24.3 Å². The van der Waals surface area contributed by atoms with Crippen molar-refractivity contribution in [2.75, 3.05) is 26.7 Å². The van der Waals surface area contributed by atoms with Crippen LogP contribution in [-0.4, -0.2) is 47.9 Å². The van der Waals surface area contributed by atoms with Crippen LogP contribution in [0.25, 0.3) is 0 Å². The van der Waals surface area contributed by atoms with Gasteiger partial charge in [0.05, 0.1) is 17.2 Å². The molecule has 0 unspecified atom stereocenters. The molecule has 2 aliphatic rings. The number of nitrogens with zero attached hydrogens (tertiary/aromatic N) is 3. The van der Waals surface area contributed by atoms with Gasteiger partial charge in [0.1, 0.15) is 0 Å². The molecule has 0 bridgehead atoms. The molecular weight excluding hydrogens is 274 g/mol. The maximum atomic E-state index is 12.8. The maximum absolute atomic E-state index is 12.8. The first kappa shape index (κ1) is 15.1. The molecule has 4 heteroatoms. The summed E-state index contributed by atoms with van der Waals surface area (Å²) in [5.74, 6) is 0.00912. The van der Waals surface area contributed by atoms with Gasteiger partial charge < -0.3 is 9.80 Å². The molecule has 1 spiro atoms. The van der Waals surface area contributed by atoms with Crippen molar-refractivity contribution in [1.82, 2.24) is 9.80 Å². The molecule has 0 aliphatic carbocycles. The molecule has 0 saturated carbocycles. The SMILES string of the molecule is CN1CCC[C@]12CCCN(C(=O)c1ccccc1C#N)CC2. The Labute approximate surface area is 132 Å². The van der Waals surface area contributed by atoms with E-state index in [1.807, 2.05) is 11.0 Å². The minimum atomic E-state index is 0.00912. The lowest BCUT2D eigenvalue weighted by atomic mass is 9.88. The molecular formula is C18H23N3O. The number of amides is 1. The summed E-state index contributed by atoms with van der Waals surface area (Å²) in [6.07, 6.45) is 5.78. The summed E-state index contributed by atoms with van der Waals surface area (Å²) in [6.45, 7) is 2.77. The van der Waals surface area contributed by atoms with Crippen molar-refractivity contribution in [3.63, 3.8) is 0 Å². The largest absolute Gasteiger partial charge is 0.339 e. The van der Waals surface area contributed by atoms with Crippen LogP contribution in [0.4, 0.5) is 0 Å². The van der Waals surface area contributed by atoms with E-state index < -0.39 is 0 Å². The van der Waals surface area contributed by atoms with E-state index in [9.17, 15) is 10.1 Å². The predicted molar refractivity (Wildman–Crippen MR) is 85.5 cm³/mol. The van der Waals surface area contributed by atoms with Crippen molar-refractivity contribution in [3.8, 4) is 6.07 Å². The number of hydrogen-bond acceptors (Lipinski definition) is 3. The molecule has 1 amide bonds. The second kappa shape index (κ2) is 6.10. The van der Waals surface area contributed by atoms with Gasteiger partial charge in [0, 0.05) is 18.6 Å². The molecule has 1 aromatic carbocycles. The minimum Gasteiger partial charge on any atom is -0.339 e. The Kier molecular flexibility index (Phi) is 4.17. The van der Waals surface area contributed by atoms with Gasteiger partial charge in [-0.1, -0.05) is 12.1 Å². The van der Waals surface area contributed by atoms with Gasteiger partial charge in [-0.2, -0.15) is 5.26 Å². The smallest absolute Gasteiger partial charge is 0.255 e. The molecule has 3 rings (SSSR count). The van der Waals surface area contributed by atoms with Gasteiger partial charge in [-0.15, -0.1) is 0 Å². The van der Waals surface area contributed by atoms with E-state index in [2.05, 4.69) is 18.0 Å². The monoisotopic (exact) mass is 297 g/mol. The second-order valence-electron chi connectivity index (χ2n) is 6.55. The standard InChI is InChI=1S/C18H23N3O/c1-20-11-4-8-18(20)9-5-12-21(13-10-18)17(22)16-7-3-2-6-15(16)14-19/h2-3,6-7H,4-5,8-13H2,1H3/t18-/m1/s1. The third-order valence-electron chi connectivity index (χ3n) is 5.43. The maximum Gasteiger partial charge on any atom is 0.255 e. The Bertz CT molecular complexity index is 607. The summed E-state index contributed by atoms with van der Waals surface area (Å²) in [6, 6.07) is 9.26. The highest BCUT2D eigenvalue weighted by Gasteiger charge is 2.40. The molecule has 116 valence electrons. The van der Waals surface area contributed by atoms with Gasteiger partial charge in [0.2, 0.25) is 0 Å². The van der Waals surface area contributed by atoms with Crippen LogP contribution in [0.1, 0.15) is 48.0 Å². The van der Waals surface area contributed by atoms with Crippen LogP contribution >= 0.6 is 0 Å². The van der Waals surface area contributed by atoms with Crippen molar-refractivity contribution < 1.29 is 4.79 Å². The zero-order valence-corrected chi connectivity index (χ0v) is 13.2. The molecule has 1 aromatic rings. The second-order valence-corrected chi connectivity index (χ2v) is 6.55. The average Bonchev–Trinajstić information content (AvgIpc) is 2.77. The first-order valence-corrected chi connectivity index (χ1v) is 8.16. The quantitative estimate of drug-likeness (QED) is 0.800. The van der Waals surface area contributed by atoms with Crippen molar-refractivity contribution in [3.05, 3.63) is 35.4 Å². The van der Waals surface area contributed by atoms with Gasteiger partial charge in [-0.25, -0.2) is 0 Å². The van der Waals surface area contributed by atoms with Crippen LogP contribution in [0, 0.1) is 11.3 Å². The molecule has 1 atom stereocenters. The number of rotatable bonds is 1. The van der Waals surface area contributed by atoms with Crippen molar-refractivity contribution in [2.45, 2.75) is 37.6 Å². The van der Waals surface area contributed by atoms with E-state index in [4.69, 9.17) is 0 Å². The molecule has 0 N–H and O–H groups in total. The Morgan fingerprint density at radius 3 is 2.55 bits per heavy atom. The van der Waals surface area contributed by atoms with Crippen LogP contribution < -0.4 is 0 Å². The fraction of sp³-hybridized carbons (Fsp3) is 0.556. The summed E-state index contributed by atoms with van der Waals surface area (Å²) < 4.78 is 0. The Morgan fingerprint density at radius 1 is 1.14 bits per heavy atom.